The Balaban J connectivity index is 1.49. The van der Waals surface area contributed by atoms with Gasteiger partial charge in [0.05, 0.1) is 11.6 Å². The second kappa shape index (κ2) is 11.5. The van der Waals surface area contributed by atoms with Crippen molar-refractivity contribution in [1.82, 2.24) is 24.8 Å². The van der Waals surface area contributed by atoms with Crippen molar-refractivity contribution in [3.05, 3.63) is 46.2 Å². The molecule has 5 rings (SSSR count). The van der Waals surface area contributed by atoms with E-state index in [4.69, 9.17) is 9.97 Å². The Hall–Kier alpha value is -3.80. The summed E-state index contributed by atoms with van der Waals surface area (Å²) in [4.78, 5) is 49.8. The van der Waals surface area contributed by atoms with Crippen LogP contribution in [0.1, 0.15) is 53.2 Å². The predicted molar refractivity (Wildman–Crippen MR) is 151 cm³/mol. The van der Waals surface area contributed by atoms with E-state index in [1.54, 1.807) is 13.1 Å². The number of carboxylic acid groups (broad SMARTS) is 1. The molecule has 0 bridgehead atoms. The van der Waals surface area contributed by atoms with Gasteiger partial charge in [-0.3, -0.25) is 15.1 Å². The number of thiazole rings is 1. The van der Waals surface area contributed by atoms with Gasteiger partial charge >= 0.3 is 5.97 Å². The summed E-state index contributed by atoms with van der Waals surface area (Å²) in [5.74, 6) is 1.16. The number of carboxylic acids is 1. The second-order valence-electron chi connectivity index (χ2n) is 9.87. The number of aromatic carboxylic acids is 1. The minimum Gasteiger partial charge on any atom is -0.477 e. The molecule has 0 aliphatic carbocycles. The summed E-state index contributed by atoms with van der Waals surface area (Å²) in [7, 11) is 0. The Kier molecular flexibility index (Phi) is 7.92. The van der Waals surface area contributed by atoms with Crippen LogP contribution in [0.5, 0.6) is 0 Å². The van der Waals surface area contributed by atoms with Crippen molar-refractivity contribution in [3.8, 4) is 0 Å². The molecule has 3 aromatic rings. The number of carbonyl (C=O) groups excluding carboxylic acids is 1. The Labute approximate surface area is 231 Å². The Morgan fingerprint density at radius 3 is 2.67 bits per heavy atom. The molecule has 2 N–H and O–H groups in total. The highest BCUT2D eigenvalue weighted by molar-refractivity contribution is 7.17. The first-order valence-electron chi connectivity index (χ1n) is 13.4. The van der Waals surface area contributed by atoms with Crippen LogP contribution in [0.15, 0.2) is 24.5 Å². The lowest BCUT2D eigenvalue weighted by atomic mass is 9.96. The molecule has 1 fully saturated rings. The van der Waals surface area contributed by atoms with Gasteiger partial charge in [0.1, 0.15) is 16.5 Å². The van der Waals surface area contributed by atoms with Gasteiger partial charge in [-0.05, 0) is 51.7 Å². The molecule has 12 heteroatoms. The number of piperidine rings is 1. The average molecular weight is 551 g/mol. The van der Waals surface area contributed by atoms with E-state index in [1.807, 2.05) is 37.1 Å². The molecule has 206 valence electrons. The second-order valence-corrected chi connectivity index (χ2v) is 10.9. The largest absolute Gasteiger partial charge is 0.477 e. The molecule has 1 amide bonds. The lowest BCUT2D eigenvalue weighted by Gasteiger charge is -2.36. The van der Waals surface area contributed by atoms with Crippen molar-refractivity contribution in [2.75, 3.05) is 47.8 Å². The number of amides is 1. The first kappa shape index (κ1) is 26.8. The van der Waals surface area contributed by atoms with Gasteiger partial charge in [-0.1, -0.05) is 17.4 Å². The molecular formula is C27H34N8O3S. The van der Waals surface area contributed by atoms with Gasteiger partial charge in [0.25, 0.3) is 0 Å². The summed E-state index contributed by atoms with van der Waals surface area (Å²) < 4.78 is 0. The van der Waals surface area contributed by atoms with Crippen LogP contribution in [0, 0.1) is 12.8 Å². The summed E-state index contributed by atoms with van der Waals surface area (Å²) in [6.07, 6.45) is 6.20. The monoisotopic (exact) mass is 550 g/mol. The summed E-state index contributed by atoms with van der Waals surface area (Å²) in [5.41, 5.74) is 2.61. The lowest BCUT2D eigenvalue weighted by Crippen LogP contribution is -2.45. The standard InChI is InChI=1S/C27H34N8O3S/c1-4-33(5-2)24(36)19-9-7-12-34(16-19)22-20-10-13-35(15-18-8-6-11-28-14-18)23(20)31-26(30-22)32-27-29-17(3)21(39-27)25(37)38/h6,8,11,14,19H,4-5,7,9-10,12-13,15-16H2,1-3H3,(H,37,38)(H,29,30,31,32). The van der Waals surface area contributed by atoms with Gasteiger partial charge < -0.3 is 19.8 Å². The van der Waals surface area contributed by atoms with Gasteiger partial charge in [-0.25, -0.2) is 9.78 Å². The third-order valence-electron chi connectivity index (χ3n) is 7.35. The summed E-state index contributed by atoms with van der Waals surface area (Å²) in [6.45, 7) is 10.0. The number of aromatic nitrogens is 4. The maximum atomic E-state index is 13.2. The van der Waals surface area contributed by atoms with E-state index in [9.17, 15) is 14.7 Å². The van der Waals surface area contributed by atoms with Gasteiger partial charge in [0.15, 0.2) is 5.13 Å². The fourth-order valence-electron chi connectivity index (χ4n) is 5.39. The molecular weight excluding hydrogens is 516 g/mol. The SMILES string of the molecule is CCN(CC)C(=O)C1CCCN(c2nc(Nc3nc(C)c(C(=O)O)s3)nc3c2CCN3Cc2cccnc2)C1. The zero-order valence-electron chi connectivity index (χ0n) is 22.6. The van der Waals surface area contributed by atoms with E-state index in [1.165, 1.54) is 0 Å². The maximum Gasteiger partial charge on any atom is 0.347 e. The van der Waals surface area contributed by atoms with Crippen LogP contribution in [0.2, 0.25) is 0 Å². The maximum absolute atomic E-state index is 13.2. The van der Waals surface area contributed by atoms with Crippen molar-refractivity contribution in [1.29, 1.82) is 0 Å². The van der Waals surface area contributed by atoms with Gasteiger partial charge in [-0.2, -0.15) is 9.97 Å². The number of hydrogen-bond donors (Lipinski definition) is 2. The Morgan fingerprint density at radius 1 is 1.18 bits per heavy atom. The van der Waals surface area contributed by atoms with Crippen LogP contribution < -0.4 is 15.1 Å². The topological polar surface area (TPSA) is 128 Å². The normalized spacial score (nSPS) is 16.7. The van der Waals surface area contributed by atoms with Crippen LogP contribution >= 0.6 is 11.3 Å². The summed E-state index contributed by atoms with van der Waals surface area (Å²) in [5, 5.41) is 13.1. The zero-order chi connectivity index (χ0) is 27.5. The average Bonchev–Trinajstić information content (AvgIpc) is 3.52. The number of aryl methyl sites for hydroxylation is 1. The van der Waals surface area contributed by atoms with Crippen molar-refractivity contribution in [2.45, 2.75) is 46.6 Å². The molecule has 0 aromatic carbocycles. The molecule has 0 saturated carbocycles. The number of nitrogens with zero attached hydrogens (tertiary/aromatic N) is 7. The lowest BCUT2D eigenvalue weighted by molar-refractivity contribution is -0.135. The van der Waals surface area contributed by atoms with Crippen LogP contribution in [-0.2, 0) is 17.8 Å². The van der Waals surface area contributed by atoms with Crippen LogP contribution in [-0.4, -0.2) is 74.5 Å². The van der Waals surface area contributed by atoms with Crippen LogP contribution in [0.25, 0.3) is 0 Å². The van der Waals surface area contributed by atoms with Crippen molar-refractivity contribution in [3.63, 3.8) is 0 Å². The first-order chi connectivity index (χ1) is 18.9. The molecule has 3 aromatic heterocycles. The molecule has 39 heavy (non-hydrogen) atoms. The number of nitrogens with one attached hydrogen (secondary N) is 1. The predicted octanol–water partition coefficient (Wildman–Crippen LogP) is 3.73. The number of anilines is 4. The summed E-state index contributed by atoms with van der Waals surface area (Å²) in [6, 6.07) is 3.97. The fraction of sp³-hybridized carbons (Fsp3) is 0.481. The van der Waals surface area contributed by atoms with Crippen molar-refractivity contribution >= 4 is 45.9 Å². The Morgan fingerprint density at radius 2 is 1.97 bits per heavy atom. The van der Waals surface area contributed by atoms with Crippen molar-refractivity contribution < 1.29 is 14.7 Å². The molecule has 1 saturated heterocycles. The van der Waals surface area contributed by atoms with Gasteiger partial charge in [0, 0.05) is 57.2 Å². The fourth-order valence-corrected chi connectivity index (χ4v) is 6.19. The minimum atomic E-state index is -1.01. The van der Waals surface area contributed by atoms with Crippen LogP contribution in [0.3, 0.4) is 0 Å². The minimum absolute atomic E-state index is 0.0756. The summed E-state index contributed by atoms with van der Waals surface area (Å²) >= 11 is 1.07. The van der Waals surface area contributed by atoms with E-state index in [0.29, 0.717) is 43.0 Å². The number of rotatable bonds is 9. The van der Waals surface area contributed by atoms with E-state index >= 15 is 0 Å². The van der Waals surface area contributed by atoms with E-state index in [-0.39, 0.29) is 16.7 Å². The van der Waals surface area contributed by atoms with E-state index < -0.39 is 5.97 Å². The van der Waals surface area contributed by atoms with E-state index in [0.717, 1.165) is 66.5 Å². The Bertz CT molecular complexity index is 1340. The van der Waals surface area contributed by atoms with Gasteiger partial charge in [0.2, 0.25) is 11.9 Å². The van der Waals surface area contributed by atoms with Gasteiger partial charge in [-0.15, -0.1) is 0 Å². The molecule has 2 aliphatic heterocycles. The molecule has 0 spiro atoms. The zero-order valence-corrected chi connectivity index (χ0v) is 23.4. The highest BCUT2D eigenvalue weighted by Gasteiger charge is 2.33. The number of hydrogen-bond acceptors (Lipinski definition) is 10. The molecule has 5 heterocycles. The highest BCUT2D eigenvalue weighted by atomic mass is 32.1. The molecule has 1 unspecified atom stereocenters. The molecule has 11 nitrogen and oxygen atoms in total. The third-order valence-corrected chi connectivity index (χ3v) is 8.41. The van der Waals surface area contributed by atoms with Crippen molar-refractivity contribution in [2.24, 2.45) is 5.92 Å². The highest BCUT2D eigenvalue weighted by Crippen LogP contribution is 2.37. The smallest absolute Gasteiger partial charge is 0.347 e. The first-order valence-corrected chi connectivity index (χ1v) is 14.3. The number of carbonyl (C=O) groups is 2. The number of pyridine rings is 1. The van der Waals surface area contributed by atoms with E-state index in [2.05, 4.69) is 25.1 Å². The molecule has 2 aliphatic rings. The third kappa shape index (κ3) is 5.65. The molecule has 0 radical (unpaired) electrons. The number of fused-ring (bicyclic) bond motifs is 1. The van der Waals surface area contributed by atoms with Crippen LogP contribution in [0.4, 0.5) is 22.7 Å². The quantitative estimate of drug-likeness (QED) is 0.407. The molecule has 1 atom stereocenters.